The minimum absolute atomic E-state index is 0.0338. The van der Waals surface area contributed by atoms with E-state index in [1.807, 2.05) is 62.4 Å². The van der Waals surface area contributed by atoms with Gasteiger partial charge in [0.25, 0.3) is 5.91 Å². The van der Waals surface area contributed by atoms with Gasteiger partial charge in [-0.1, -0.05) is 52.3 Å². The molecule has 0 bridgehead atoms. The third-order valence-corrected chi connectivity index (χ3v) is 4.22. The van der Waals surface area contributed by atoms with Crippen LogP contribution in [0.25, 0.3) is 0 Å². The summed E-state index contributed by atoms with van der Waals surface area (Å²) in [6.45, 7) is 4.63. The molecule has 0 saturated carbocycles. The lowest BCUT2D eigenvalue weighted by Gasteiger charge is -2.12. The van der Waals surface area contributed by atoms with E-state index in [4.69, 9.17) is 0 Å². The van der Waals surface area contributed by atoms with Crippen molar-refractivity contribution in [3.63, 3.8) is 0 Å². The van der Waals surface area contributed by atoms with Gasteiger partial charge in [0.2, 0.25) is 0 Å². The molecular formula is C17H18BrNO. The SMILES string of the molecule is Cc1ccc(C(=O)NCC(Br)c2ccccc2)cc1C. The van der Waals surface area contributed by atoms with E-state index in [0.29, 0.717) is 12.1 Å². The van der Waals surface area contributed by atoms with Gasteiger partial charge in [-0.05, 0) is 42.7 Å². The van der Waals surface area contributed by atoms with Crippen LogP contribution in [-0.4, -0.2) is 12.5 Å². The molecule has 2 rings (SSSR count). The molecule has 1 atom stereocenters. The second kappa shape index (κ2) is 6.71. The number of nitrogens with one attached hydrogen (secondary N) is 1. The highest BCUT2D eigenvalue weighted by molar-refractivity contribution is 9.09. The van der Waals surface area contributed by atoms with Gasteiger partial charge in [0.15, 0.2) is 0 Å². The van der Waals surface area contributed by atoms with Crippen LogP contribution < -0.4 is 5.32 Å². The fraction of sp³-hybridized carbons (Fsp3) is 0.235. The van der Waals surface area contributed by atoms with Gasteiger partial charge >= 0.3 is 0 Å². The summed E-state index contributed by atoms with van der Waals surface area (Å²) in [7, 11) is 0. The van der Waals surface area contributed by atoms with Crippen LogP contribution in [0.5, 0.6) is 0 Å². The maximum Gasteiger partial charge on any atom is 0.251 e. The summed E-state index contributed by atoms with van der Waals surface area (Å²) in [6, 6.07) is 15.8. The summed E-state index contributed by atoms with van der Waals surface area (Å²) in [4.78, 5) is 12.2. The number of amides is 1. The largest absolute Gasteiger partial charge is 0.351 e. The maximum atomic E-state index is 12.1. The predicted molar refractivity (Wildman–Crippen MR) is 86.4 cm³/mol. The molecule has 0 aliphatic heterocycles. The highest BCUT2D eigenvalue weighted by Gasteiger charge is 2.10. The molecule has 1 amide bonds. The molecule has 0 aliphatic rings. The molecule has 2 aromatic rings. The number of alkyl halides is 1. The van der Waals surface area contributed by atoms with Crippen LogP contribution in [0.3, 0.4) is 0 Å². The fourth-order valence-corrected chi connectivity index (χ4v) is 2.41. The van der Waals surface area contributed by atoms with Crippen LogP contribution >= 0.6 is 15.9 Å². The monoisotopic (exact) mass is 331 g/mol. The van der Waals surface area contributed by atoms with E-state index in [1.165, 1.54) is 5.56 Å². The number of carbonyl (C=O) groups is 1. The van der Waals surface area contributed by atoms with Crippen LogP contribution in [0.15, 0.2) is 48.5 Å². The number of benzene rings is 2. The van der Waals surface area contributed by atoms with Crippen molar-refractivity contribution in [2.45, 2.75) is 18.7 Å². The summed E-state index contributed by atoms with van der Waals surface area (Å²) in [6.07, 6.45) is 0. The minimum atomic E-state index is -0.0338. The third kappa shape index (κ3) is 3.70. The van der Waals surface area contributed by atoms with E-state index in [2.05, 4.69) is 21.2 Å². The molecular weight excluding hydrogens is 314 g/mol. The lowest BCUT2D eigenvalue weighted by atomic mass is 10.1. The molecule has 3 heteroatoms. The molecule has 104 valence electrons. The Morgan fingerprint density at radius 3 is 2.45 bits per heavy atom. The van der Waals surface area contributed by atoms with E-state index < -0.39 is 0 Å². The van der Waals surface area contributed by atoms with Crippen molar-refractivity contribution in [1.82, 2.24) is 5.32 Å². The first kappa shape index (κ1) is 14.8. The molecule has 2 nitrogen and oxygen atoms in total. The molecule has 20 heavy (non-hydrogen) atoms. The van der Waals surface area contributed by atoms with Crippen molar-refractivity contribution in [2.75, 3.05) is 6.54 Å². The first-order chi connectivity index (χ1) is 9.58. The summed E-state index contributed by atoms with van der Waals surface area (Å²) < 4.78 is 0. The van der Waals surface area contributed by atoms with E-state index in [1.54, 1.807) is 0 Å². The molecule has 1 unspecified atom stereocenters. The van der Waals surface area contributed by atoms with E-state index in [-0.39, 0.29) is 10.7 Å². The van der Waals surface area contributed by atoms with Gasteiger partial charge in [0.05, 0.1) is 4.83 Å². The average Bonchev–Trinajstić information content (AvgIpc) is 2.48. The normalized spacial score (nSPS) is 11.9. The summed E-state index contributed by atoms with van der Waals surface area (Å²) in [5, 5.41) is 2.96. The third-order valence-electron chi connectivity index (χ3n) is 3.37. The lowest BCUT2D eigenvalue weighted by molar-refractivity contribution is 0.0954. The zero-order valence-electron chi connectivity index (χ0n) is 11.7. The topological polar surface area (TPSA) is 29.1 Å². The Balaban J connectivity index is 1.97. The summed E-state index contributed by atoms with van der Waals surface area (Å²) in [5.41, 5.74) is 4.20. The van der Waals surface area contributed by atoms with Crippen molar-refractivity contribution in [2.24, 2.45) is 0 Å². The van der Waals surface area contributed by atoms with Crippen LogP contribution in [0.1, 0.15) is 31.9 Å². The van der Waals surface area contributed by atoms with Crippen molar-refractivity contribution in [1.29, 1.82) is 0 Å². The Morgan fingerprint density at radius 1 is 1.10 bits per heavy atom. The average molecular weight is 332 g/mol. The first-order valence-corrected chi connectivity index (χ1v) is 7.54. The minimum Gasteiger partial charge on any atom is -0.351 e. The van der Waals surface area contributed by atoms with Crippen molar-refractivity contribution >= 4 is 21.8 Å². The van der Waals surface area contributed by atoms with Gasteiger partial charge < -0.3 is 5.32 Å². The second-order valence-corrected chi connectivity index (χ2v) is 5.99. The van der Waals surface area contributed by atoms with Crippen LogP contribution in [0.2, 0.25) is 0 Å². The van der Waals surface area contributed by atoms with Crippen LogP contribution in [0.4, 0.5) is 0 Å². The number of carbonyl (C=O) groups excluding carboxylic acids is 1. The standard InChI is InChI=1S/C17H18BrNO/c1-12-8-9-15(10-13(12)2)17(20)19-11-16(18)14-6-4-3-5-7-14/h3-10,16H,11H2,1-2H3,(H,19,20). The van der Waals surface area contributed by atoms with Gasteiger partial charge in [-0.15, -0.1) is 0 Å². The van der Waals surface area contributed by atoms with Crippen molar-refractivity contribution in [3.05, 3.63) is 70.8 Å². The van der Waals surface area contributed by atoms with E-state index in [0.717, 1.165) is 11.1 Å². The molecule has 1 N–H and O–H groups in total. The molecule has 0 saturated heterocycles. The van der Waals surface area contributed by atoms with Crippen molar-refractivity contribution in [3.8, 4) is 0 Å². The second-order valence-electron chi connectivity index (χ2n) is 4.89. The Labute approximate surface area is 128 Å². The molecule has 0 fully saturated rings. The molecule has 0 heterocycles. The first-order valence-electron chi connectivity index (χ1n) is 6.62. The van der Waals surface area contributed by atoms with Crippen LogP contribution in [-0.2, 0) is 0 Å². The van der Waals surface area contributed by atoms with E-state index >= 15 is 0 Å². The predicted octanol–water partition coefficient (Wildman–Crippen LogP) is 4.17. The number of aryl methyl sites for hydroxylation is 2. The molecule has 2 aromatic carbocycles. The van der Waals surface area contributed by atoms with Gasteiger partial charge in [0.1, 0.15) is 0 Å². The Kier molecular flexibility index (Phi) is 4.96. The molecule has 0 aromatic heterocycles. The lowest BCUT2D eigenvalue weighted by Crippen LogP contribution is -2.26. The van der Waals surface area contributed by atoms with Gasteiger partial charge in [0, 0.05) is 12.1 Å². The number of halogens is 1. The summed E-state index contributed by atoms with van der Waals surface area (Å²) >= 11 is 3.60. The van der Waals surface area contributed by atoms with Gasteiger partial charge in [-0.25, -0.2) is 0 Å². The zero-order chi connectivity index (χ0) is 14.5. The van der Waals surface area contributed by atoms with Gasteiger partial charge in [-0.3, -0.25) is 4.79 Å². The highest BCUT2D eigenvalue weighted by atomic mass is 79.9. The zero-order valence-corrected chi connectivity index (χ0v) is 13.3. The van der Waals surface area contributed by atoms with Crippen LogP contribution in [0, 0.1) is 13.8 Å². The van der Waals surface area contributed by atoms with Crippen molar-refractivity contribution < 1.29 is 4.79 Å². The number of rotatable bonds is 4. The Morgan fingerprint density at radius 2 is 1.80 bits per heavy atom. The summed E-state index contributed by atoms with van der Waals surface area (Å²) in [5.74, 6) is -0.0338. The van der Waals surface area contributed by atoms with Gasteiger partial charge in [-0.2, -0.15) is 0 Å². The Hall–Kier alpha value is -1.61. The Bertz CT molecular complexity index is 595. The fourth-order valence-electron chi connectivity index (χ4n) is 1.95. The molecule has 0 spiro atoms. The highest BCUT2D eigenvalue weighted by Crippen LogP contribution is 2.21. The van der Waals surface area contributed by atoms with E-state index in [9.17, 15) is 4.79 Å². The molecule has 0 radical (unpaired) electrons. The number of hydrogen-bond acceptors (Lipinski definition) is 1. The quantitative estimate of drug-likeness (QED) is 0.837. The smallest absolute Gasteiger partial charge is 0.251 e. The molecule has 0 aliphatic carbocycles. The maximum absolute atomic E-state index is 12.1. The number of hydrogen-bond donors (Lipinski definition) is 1.